The van der Waals surface area contributed by atoms with E-state index < -0.39 is 21.8 Å². The predicted octanol–water partition coefficient (Wildman–Crippen LogP) is 1.12. The number of alkyl carbamates (subject to hydrolysis) is 1. The molecule has 1 amide bonds. The maximum absolute atomic E-state index is 11.3. The van der Waals surface area contributed by atoms with Crippen LogP contribution in [0, 0.1) is 5.92 Å². The van der Waals surface area contributed by atoms with Gasteiger partial charge in [-0.1, -0.05) is 6.92 Å². The lowest BCUT2D eigenvalue weighted by Crippen LogP contribution is -2.35. The first-order chi connectivity index (χ1) is 7.49. The van der Waals surface area contributed by atoms with E-state index in [0.717, 1.165) is 6.26 Å². The highest BCUT2D eigenvalue weighted by Crippen LogP contribution is 2.06. The maximum Gasteiger partial charge on any atom is 0.407 e. The molecule has 0 spiro atoms. The summed E-state index contributed by atoms with van der Waals surface area (Å²) in [5.41, 5.74) is -0.545. The lowest BCUT2D eigenvalue weighted by atomic mass is 10.2. The largest absolute Gasteiger partial charge is 0.444 e. The summed E-state index contributed by atoms with van der Waals surface area (Å²) in [6.45, 7) is 7.40. The number of hydrogen-bond donors (Lipinski definition) is 1. The van der Waals surface area contributed by atoms with Crippen molar-refractivity contribution in [3.05, 3.63) is 0 Å². The van der Waals surface area contributed by atoms with Gasteiger partial charge in [0.05, 0.1) is 12.9 Å². The van der Waals surface area contributed by atoms with Crippen molar-refractivity contribution in [3.63, 3.8) is 0 Å². The first-order valence-electron chi connectivity index (χ1n) is 5.31. The smallest absolute Gasteiger partial charge is 0.407 e. The van der Waals surface area contributed by atoms with E-state index in [2.05, 4.69) is 9.50 Å². The van der Waals surface area contributed by atoms with Crippen LogP contribution in [-0.2, 0) is 19.0 Å². The van der Waals surface area contributed by atoms with Crippen molar-refractivity contribution in [2.45, 2.75) is 33.3 Å². The molecule has 17 heavy (non-hydrogen) atoms. The van der Waals surface area contributed by atoms with Crippen molar-refractivity contribution >= 4 is 16.2 Å². The molecule has 0 aliphatic heterocycles. The zero-order chi connectivity index (χ0) is 13.7. The van der Waals surface area contributed by atoms with Gasteiger partial charge in [0.25, 0.3) is 10.1 Å². The molecule has 0 fully saturated rings. The van der Waals surface area contributed by atoms with Gasteiger partial charge < -0.3 is 10.1 Å². The third kappa shape index (κ3) is 11.4. The van der Waals surface area contributed by atoms with E-state index in [1.807, 2.05) is 0 Å². The van der Waals surface area contributed by atoms with Gasteiger partial charge in [-0.15, -0.1) is 0 Å². The average molecular weight is 267 g/mol. The van der Waals surface area contributed by atoms with Crippen molar-refractivity contribution in [2.24, 2.45) is 5.92 Å². The summed E-state index contributed by atoms with van der Waals surface area (Å²) in [4.78, 5) is 11.3. The van der Waals surface area contributed by atoms with Gasteiger partial charge in [-0.3, -0.25) is 4.18 Å². The molecule has 0 aliphatic rings. The van der Waals surface area contributed by atoms with Crippen LogP contribution in [-0.4, -0.2) is 39.5 Å². The minimum absolute atomic E-state index is 0.0363. The fourth-order valence-corrected chi connectivity index (χ4v) is 1.35. The summed E-state index contributed by atoms with van der Waals surface area (Å²) in [6, 6.07) is 0. The number of hydrogen-bond acceptors (Lipinski definition) is 5. The summed E-state index contributed by atoms with van der Waals surface area (Å²) in [5.74, 6) is -0.114. The van der Waals surface area contributed by atoms with E-state index in [1.165, 1.54) is 0 Å². The van der Waals surface area contributed by atoms with E-state index in [1.54, 1.807) is 27.7 Å². The summed E-state index contributed by atoms with van der Waals surface area (Å²) < 4.78 is 31.1. The molecule has 0 aromatic carbocycles. The molecule has 1 N–H and O–H groups in total. The number of amides is 1. The number of rotatable bonds is 5. The Balaban J connectivity index is 3.85. The van der Waals surface area contributed by atoms with Crippen molar-refractivity contribution in [3.8, 4) is 0 Å². The Labute approximate surface area is 103 Å². The molecule has 0 aromatic heterocycles. The third-order valence-corrected chi connectivity index (χ3v) is 2.12. The topological polar surface area (TPSA) is 81.7 Å². The first kappa shape index (κ1) is 16.2. The molecule has 0 unspecified atom stereocenters. The second kappa shape index (κ2) is 6.20. The standard InChI is InChI=1S/C10H21NO5S/c1-8(7-15-17(5,13)14)6-11-9(12)16-10(2,3)4/h8H,6-7H2,1-5H3,(H,11,12)/t8-/m0/s1. The molecule has 1 atom stereocenters. The number of carbonyl (C=O) groups is 1. The van der Waals surface area contributed by atoms with Crippen LogP contribution in [0.5, 0.6) is 0 Å². The van der Waals surface area contributed by atoms with Crippen LogP contribution in [0.4, 0.5) is 4.79 Å². The summed E-state index contributed by atoms with van der Waals surface area (Å²) in [5, 5.41) is 2.54. The summed E-state index contributed by atoms with van der Waals surface area (Å²) in [7, 11) is -3.43. The van der Waals surface area contributed by atoms with Crippen molar-refractivity contribution in [2.75, 3.05) is 19.4 Å². The molecule has 0 saturated carbocycles. The van der Waals surface area contributed by atoms with Crippen LogP contribution in [0.25, 0.3) is 0 Å². The minimum Gasteiger partial charge on any atom is -0.444 e. The number of carbonyl (C=O) groups excluding carboxylic acids is 1. The molecule has 7 heteroatoms. The van der Waals surface area contributed by atoms with Crippen LogP contribution in [0.1, 0.15) is 27.7 Å². The van der Waals surface area contributed by atoms with Crippen LogP contribution < -0.4 is 5.32 Å². The fraction of sp³-hybridized carbons (Fsp3) is 0.900. The zero-order valence-electron chi connectivity index (χ0n) is 10.9. The highest BCUT2D eigenvalue weighted by atomic mass is 32.2. The Morgan fingerprint density at radius 3 is 2.29 bits per heavy atom. The lowest BCUT2D eigenvalue weighted by Gasteiger charge is -2.20. The molecule has 0 radical (unpaired) electrons. The number of ether oxygens (including phenoxy) is 1. The third-order valence-electron chi connectivity index (χ3n) is 1.56. The van der Waals surface area contributed by atoms with Crippen molar-refractivity contribution in [1.29, 1.82) is 0 Å². The highest BCUT2D eigenvalue weighted by Gasteiger charge is 2.16. The van der Waals surface area contributed by atoms with Crippen LogP contribution in [0.15, 0.2) is 0 Å². The zero-order valence-corrected chi connectivity index (χ0v) is 11.8. The van der Waals surface area contributed by atoms with Crippen molar-refractivity contribution < 1.29 is 22.1 Å². The Hall–Kier alpha value is -0.820. The molecular weight excluding hydrogens is 246 g/mol. The lowest BCUT2D eigenvalue weighted by molar-refractivity contribution is 0.0517. The Kier molecular flexibility index (Phi) is 5.91. The van der Waals surface area contributed by atoms with Gasteiger partial charge in [-0.2, -0.15) is 8.42 Å². The van der Waals surface area contributed by atoms with Gasteiger partial charge in [0.15, 0.2) is 0 Å². The van der Waals surface area contributed by atoms with Gasteiger partial charge in [-0.05, 0) is 26.7 Å². The molecule has 0 aromatic rings. The van der Waals surface area contributed by atoms with Crippen LogP contribution in [0.3, 0.4) is 0 Å². The predicted molar refractivity (Wildman–Crippen MR) is 64.2 cm³/mol. The van der Waals surface area contributed by atoms with E-state index in [0.29, 0.717) is 6.54 Å². The summed E-state index contributed by atoms with van der Waals surface area (Å²) in [6.07, 6.45) is 0.463. The van der Waals surface area contributed by atoms with Crippen molar-refractivity contribution in [1.82, 2.24) is 5.32 Å². The molecule has 0 saturated heterocycles. The first-order valence-corrected chi connectivity index (χ1v) is 7.12. The second-order valence-corrected chi connectivity index (χ2v) is 6.62. The van der Waals surface area contributed by atoms with Gasteiger partial charge in [-0.25, -0.2) is 4.79 Å². The minimum atomic E-state index is -3.43. The average Bonchev–Trinajstić information content (AvgIpc) is 2.07. The van der Waals surface area contributed by atoms with E-state index in [4.69, 9.17) is 4.74 Å². The van der Waals surface area contributed by atoms with E-state index in [9.17, 15) is 13.2 Å². The monoisotopic (exact) mass is 267 g/mol. The maximum atomic E-state index is 11.3. The SMILES string of the molecule is C[C@@H](CNC(=O)OC(C)(C)C)COS(C)(=O)=O. The van der Waals surface area contributed by atoms with Gasteiger partial charge in [0.2, 0.25) is 0 Å². The van der Waals surface area contributed by atoms with Crippen LogP contribution >= 0.6 is 0 Å². The molecule has 0 heterocycles. The van der Waals surface area contributed by atoms with Crippen LogP contribution in [0.2, 0.25) is 0 Å². The molecule has 0 aliphatic carbocycles. The Morgan fingerprint density at radius 2 is 1.88 bits per heavy atom. The molecule has 102 valence electrons. The number of nitrogens with one attached hydrogen (secondary N) is 1. The second-order valence-electron chi connectivity index (χ2n) is 4.98. The normalized spacial score (nSPS) is 14.2. The molecule has 6 nitrogen and oxygen atoms in total. The fourth-order valence-electron chi connectivity index (χ4n) is 0.870. The van der Waals surface area contributed by atoms with E-state index >= 15 is 0 Å². The molecule has 0 rings (SSSR count). The quantitative estimate of drug-likeness (QED) is 0.755. The van der Waals surface area contributed by atoms with Gasteiger partial charge >= 0.3 is 6.09 Å². The summed E-state index contributed by atoms with van der Waals surface area (Å²) >= 11 is 0. The highest BCUT2D eigenvalue weighted by molar-refractivity contribution is 7.85. The van der Waals surface area contributed by atoms with Gasteiger partial charge in [0.1, 0.15) is 5.60 Å². The van der Waals surface area contributed by atoms with E-state index in [-0.39, 0.29) is 12.5 Å². The molecule has 0 bridgehead atoms. The Morgan fingerprint density at radius 1 is 1.35 bits per heavy atom. The van der Waals surface area contributed by atoms with Gasteiger partial charge in [0, 0.05) is 6.54 Å². The Bertz CT molecular complexity index is 344. The molecular formula is C10H21NO5S.